The molecule has 1 atom stereocenters. The molecule has 0 saturated carbocycles. The van der Waals surface area contributed by atoms with Gasteiger partial charge in [0.05, 0.1) is 43.6 Å². The summed E-state index contributed by atoms with van der Waals surface area (Å²) in [5.41, 5.74) is 9.38. The monoisotopic (exact) mass is 349 g/mol. The van der Waals surface area contributed by atoms with E-state index in [0.29, 0.717) is 16.9 Å². The van der Waals surface area contributed by atoms with Gasteiger partial charge in [-0.2, -0.15) is 0 Å². The molecule has 25 heavy (non-hydrogen) atoms. The highest BCUT2D eigenvalue weighted by Crippen LogP contribution is 2.24. The molecule has 2 aromatic rings. The van der Waals surface area contributed by atoms with E-state index < -0.39 is 24.3 Å². The van der Waals surface area contributed by atoms with Crippen molar-refractivity contribution in [3.05, 3.63) is 40.2 Å². The van der Waals surface area contributed by atoms with Gasteiger partial charge in [-0.3, -0.25) is 4.98 Å². The van der Waals surface area contributed by atoms with Gasteiger partial charge < -0.3 is 19.3 Å². The predicted molar refractivity (Wildman–Crippen MR) is 84.4 cm³/mol. The van der Waals surface area contributed by atoms with Gasteiger partial charge in [-0.15, -0.1) is 0 Å². The molecule has 3 rings (SSSR count). The maximum atomic E-state index is 14.3. The average molecular weight is 349 g/mol. The molecular formula is C15H16FN5O4. The van der Waals surface area contributed by atoms with Gasteiger partial charge in [0.1, 0.15) is 11.9 Å². The van der Waals surface area contributed by atoms with Crippen molar-refractivity contribution in [2.24, 2.45) is 5.11 Å². The summed E-state index contributed by atoms with van der Waals surface area (Å²) in [4.78, 5) is 10.9. The summed E-state index contributed by atoms with van der Waals surface area (Å²) >= 11 is 0. The lowest BCUT2D eigenvalue weighted by Crippen LogP contribution is -2.42. The molecule has 0 amide bonds. The van der Waals surface area contributed by atoms with E-state index in [4.69, 9.17) is 19.7 Å². The number of rotatable bonds is 5. The largest absolute Gasteiger partial charge is 0.481 e. The van der Waals surface area contributed by atoms with Crippen LogP contribution in [-0.4, -0.2) is 53.8 Å². The van der Waals surface area contributed by atoms with Crippen LogP contribution in [0.5, 0.6) is 5.88 Å². The van der Waals surface area contributed by atoms with Crippen LogP contribution in [0.25, 0.3) is 21.5 Å². The van der Waals surface area contributed by atoms with Gasteiger partial charge in [-0.05, 0) is 11.6 Å². The van der Waals surface area contributed by atoms with Gasteiger partial charge in [0.15, 0.2) is 6.29 Å². The quantitative estimate of drug-likeness (QED) is 0.498. The first-order valence-corrected chi connectivity index (χ1v) is 7.56. The van der Waals surface area contributed by atoms with Crippen molar-refractivity contribution in [3.8, 4) is 5.88 Å². The Morgan fingerprint density at radius 2 is 2.24 bits per heavy atom. The van der Waals surface area contributed by atoms with E-state index >= 15 is 0 Å². The Morgan fingerprint density at radius 1 is 1.48 bits per heavy atom. The molecule has 1 saturated heterocycles. The molecule has 0 spiro atoms. The van der Waals surface area contributed by atoms with Crippen LogP contribution in [0.4, 0.5) is 4.39 Å². The summed E-state index contributed by atoms with van der Waals surface area (Å²) in [7, 11) is 1.46. The molecule has 0 aromatic carbocycles. The number of nitrogens with zero attached hydrogens (tertiary/aromatic N) is 5. The third kappa shape index (κ3) is 3.77. The second-order valence-corrected chi connectivity index (χ2v) is 5.47. The minimum Gasteiger partial charge on any atom is -0.481 e. The van der Waals surface area contributed by atoms with Gasteiger partial charge in [-0.25, -0.2) is 9.37 Å². The first kappa shape index (κ1) is 17.3. The van der Waals surface area contributed by atoms with E-state index in [1.807, 2.05) is 0 Å². The van der Waals surface area contributed by atoms with Crippen molar-refractivity contribution in [1.82, 2.24) is 9.97 Å². The third-order valence-electron chi connectivity index (χ3n) is 3.80. The highest BCUT2D eigenvalue weighted by Gasteiger charge is 2.29. The van der Waals surface area contributed by atoms with Crippen LogP contribution < -0.4 is 4.74 Å². The molecule has 3 heterocycles. The highest BCUT2D eigenvalue weighted by atomic mass is 19.1. The zero-order chi connectivity index (χ0) is 17.8. The summed E-state index contributed by atoms with van der Waals surface area (Å²) < 4.78 is 30.0. The van der Waals surface area contributed by atoms with Crippen molar-refractivity contribution < 1.29 is 23.7 Å². The van der Waals surface area contributed by atoms with Crippen LogP contribution in [0.3, 0.4) is 0 Å². The minimum absolute atomic E-state index is 0.0815. The fraction of sp³-hybridized carbons (Fsp3) is 0.467. The Kier molecular flexibility index (Phi) is 5.25. The number of azide groups is 1. The Bertz CT molecular complexity index is 806. The van der Waals surface area contributed by atoms with E-state index in [0.717, 1.165) is 6.20 Å². The molecule has 0 bridgehead atoms. The van der Waals surface area contributed by atoms with Crippen LogP contribution in [0, 0.1) is 5.82 Å². The highest BCUT2D eigenvalue weighted by molar-refractivity contribution is 5.78. The number of fused-ring (bicyclic) bond motifs is 1. The molecule has 10 heteroatoms. The van der Waals surface area contributed by atoms with Crippen molar-refractivity contribution in [2.75, 3.05) is 20.3 Å². The molecule has 1 aliphatic rings. The summed E-state index contributed by atoms with van der Waals surface area (Å²) in [5, 5.41) is 13.8. The Labute approximate surface area is 142 Å². The number of aliphatic hydroxyl groups is 1. The van der Waals surface area contributed by atoms with Gasteiger partial charge in [0.25, 0.3) is 0 Å². The van der Waals surface area contributed by atoms with Crippen LogP contribution in [0.2, 0.25) is 0 Å². The number of hydrogen-bond donors (Lipinski definition) is 1. The van der Waals surface area contributed by atoms with E-state index in [1.54, 1.807) is 12.1 Å². The van der Waals surface area contributed by atoms with Crippen molar-refractivity contribution >= 4 is 11.0 Å². The summed E-state index contributed by atoms with van der Waals surface area (Å²) in [5.74, 6) is -0.270. The molecule has 0 unspecified atom stereocenters. The fourth-order valence-electron chi connectivity index (χ4n) is 2.56. The lowest BCUT2D eigenvalue weighted by atomic mass is 10.1. The van der Waals surface area contributed by atoms with Crippen LogP contribution in [0.15, 0.2) is 23.4 Å². The maximum absolute atomic E-state index is 14.3. The zero-order valence-corrected chi connectivity index (χ0v) is 13.4. The number of methoxy groups -OCH3 is 1. The molecule has 0 radical (unpaired) electrons. The summed E-state index contributed by atoms with van der Waals surface area (Å²) in [6.07, 6.45) is -1.07. The second-order valence-electron chi connectivity index (χ2n) is 5.47. The van der Waals surface area contributed by atoms with E-state index in [-0.39, 0.29) is 25.2 Å². The van der Waals surface area contributed by atoms with Crippen LogP contribution in [0.1, 0.15) is 5.56 Å². The Balaban J connectivity index is 1.80. The topological polar surface area (TPSA) is 122 Å². The molecule has 1 fully saturated rings. The molecule has 0 aliphatic carbocycles. The van der Waals surface area contributed by atoms with Gasteiger partial charge in [0.2, 0.25) is 5.88 Å². The van der Waals surface area contributed by atoms with Crippen molar-refractivity contribution in [2.45, 2.75) is 24.9 Å². The minimum atomic E-state index is -1.12. The maximum Gasteiger partial charge on any atom is 0.213 e. The first-order valence-electron chi connectivity index (χ1n) is 7.56. The molecule has 2 aromatic heterocycles. The number of halogens is 1. The Hall–Kier alpha value is -2.52. The number of hydrogen-bond acceptors (Lipinski definition) is 7. The Morgan fingerprint density at radius 3 is 2.92 bits per heavy atom. The average Bonchev–Trinajstić information content (AvgIpc) is 2.64. The molecule has 9 nitrogen and oxygen atoms in total. The lowest BCUT2D eigenvalue weighted by molar-refractivity contribution is -0.227. The SMILES string of the molecule is COc1ccc2ncc(F)c(C[C@H](O)C3OCC(N=[N+]=[N-])CO3)c2n1. The zero-order valence-electron chi connectivity index (χ0n) is 13.4. The van der Waals surface area contributed by atoms with E-state index in [1.165, 1.54) is 7.11 Å². The van der Waals surface area contributed by atoms with E-state index in [2.05, 4.69) is 20.0 Å². The number of ether oxygens (including phenoxy) is 3. The normalized spacial score (nSPS) is 21.6. The molecule has 132 valence electrons. The first-order chi connectivity index (χ1) is 12.1. The lowest BCUT2D eigenvalue weighted by Gasteiger charge is -2.30. The summed E-state index contributed by atoms with van der Waals surface area (Å²) in [6, 6.07) is 2.84. The van der Waals surface area contributed by atoms with Crippen molar-refractivity contribution in [3.63, 3.8) is 0 Å². The number of aliphatic hydroxyl groups excluding tert-OH is 1. The number of aromatic nitrogens is 2. The molecular weight excluding hydrogens is 333 g/mol. The molecule has 1 aliphatic heterocycles. The van der Waals surface area contributed by atoms with E-state index in [9.17, 15) is 9.50 Å². The third-order valence-corrected chi connectivity index (χ3v) is 3.80. The van der Waals surface area contributed by atoms with Gasteiger partial charge in [0, 0.05) is 23.0 Å². The number of pyridine rings is 2. The van der Waals surface area contributed by atoms with Gasteiger partial charge in [-0.1, -0.05) is 5.11 Å². The van der Waals surface area contributed by atoms with Gasteiger partial charge >= 0.3 is 0 Å². The summed E-state index contributed by atoms with van der Waals surface area (Å²) in [6.45, 7) is 0.245. The van der Waals surface area contributed by atoms with Crippen LogP contribution in [-0.2, 0) is 15.9 Å². The van der Waals surface area contributed by atoms with Crippen molar-refractivity contribution in [1.29, 1.82) is 0 Å². The standard InChI is InChI=1S/C15H16FN5O4/c1-23-13-3-2-11-14(19-13)9(10(16)5-18-11)4-12(22)15-24-6-8(7-25-15)20-21-17/h2-3,5,8,12,15,22H,4,6-7H2,1H3/t8?,12-,15?/m0/s1. The molecule has 1 N–H and O–H groups in total. The van der Waals surface area contributed by atoms with Crippen LogP contribution >= 0.6 is 0 Å². The second kappa shape index (κ2) is 7.58. The smallest absolute Gasteiger partial charge is 0.213 e. The predicted octanol–water partition coefficient (Wildman–Crippen LogP) is 1.73. The fourth-order valence-corrected chi connectivity index (χ4v) is 2.56.